The third kappa shape index (κ3) is 3.69. The first kappa shape index (κ1) is 13.3. The van der Waals surface area contributed by atoms with E-state index in [0.29, 0.717) is 10.9 Å². The van der Waals surface area contributed by atoms with Gasteiger partial charge in [0.1, 0.15) is 5.75 Å². The summed E-state index contributed by atoms with van der Waals surface area (Å²) >= 11 is 5.88. The fourth-order valence-corrected chi connectivity index (χ4v) is 1.94. The van der Waals surface area contributed by atoms with Crippen LogP contribution in [-0.2, 0) is 6.54 Å². The molecule has 0 bridgehead atoms. The van der Waals surface area contributed by atoms with Gasteiger partial charge >= 0.3 is 0 Å². The van der Waals surface area contributed by atoms with Crippen LogP contribution in [0.4, 0.5) is 0 Å². The minimum absolute atomic E-state index is 0.214. The van der Waals surface area contributed by atoms with Crippen molar-refractivity contribution in [1.82, 2.24) is 4.90 Å². The van der Waals surface area contributed by atoms with E-state index in [1.807, 2.05) is 12.1 Å². The topological polar surface area (TPSA) is 23.5 Å². The van der Waals surface area contributed by atoms with Crippen molar-refractivity contribution in [2.75, 3.05) is 13.1 Å². The second kappa shape index (κ2) is 6.12. The predicted octanol–water partition coefficient (Wildman–Crippen LogP) is 3.52. The fourth-order valence-electron chi connectivity index (χ4n) is 1.75. The number of aromatic hydroxyl groups is 1. The molecule has 0 amide bonds. The van der Waals surface area contributed by atoms with Crippen molar-refractivity contribution in [3.05, 3.63) is 28.8 Å². The highest BCUT2D eigenvalue weighted by atomic mass is 35.5. The van der Waals surface area contributed by atoms with Gasteiger partial charge in [-0.1, -0.05) is 44.5 Å². The number of hydrogen-bond acceptors (Lipinski definition) is 2. The second-order valence-corrected chi connectivity index (χ2v) is 4.88. The maximum Gasteiger partial charge on any atom is 0.138 e. The zero-order chi connectivity index (χ0) is 12.1. The molecule has 0 saturated heterocycles. The quantitative estimate of drug-likeness (QED) is 0.853. The van der Waals surface area contributed by atoms with Crippen LogP contribution in [0.25, 0.3) is 0 Å². The molecule has 0 fully saturated rings. The van der Waals surface area contributed by atoms with Gasteiger partial charge in [0.2, 0.25) is 0 Å². The zero-order valence-electron chi connectivity index (χ0n) is 10.2. The van der Waals surface area contributed by atoms with Gasteiger partial charge in [0, 0.05) is 18.7 Å². The Hall–Kier alpha value is -0.730. The predicted molar refractivity (Wildman–Crippen MR) is 68.9 cm³/mol. The van der Waals surface area contributed by atoms with Crippen LogP contribution in [0.2, 0.25) is 5.02 Å². The number of para-hydroxylation sites is 1. The molecule has 0 unspecified atom stereocenters. The number of benzene rings is 1. The Labute approximate surface area is 103 Å². The van der Waals surface area contributed by atoms with E-state index in [-0.39, 0.29) is 5.75 Å². The Morgan fingerprint density at radius 1 is 1.38 bits per heavy atom. The van der Waals surface area contributed by atoms with Crippen LogP contribution in [0.3, 0.4) is 0 Å². The van der Waals surface area contributed by atoms with Crippen molar-refractivity contribution in [3.63, 3.8) is 0 Å². The van der Waals surface area contributed by atoms with E-state index in [1.165, 1.54) is 0 Å². The monoisotopic (exact) mass is 241 g/mol. The van der Waals surface area contributed by atoms with E-state index in [0.717, 1.165) is 25.2 Å². The van der Waals surface area contributed by atoms with Crippen molar-refractivity contribution in [2.24, 2.45) is 5.92 Å². The molecule has 2 nitrogen and oxygen atoms in total. The van der Waals surface area contributed by atoms with Crippen molar-refractivity contribution in [3.8, 4) is 5.75 Å². The summed E-state index contributed by atoms with van der Waals surface area (Å²) in [7, 11) is 0. The largest absolute Gasteiger partial charge is 0.506 e. The molecule has 0 aromatic heterocycles. The highest BCUT2D eigenvalue weighted by molar-refractivity contribution is 6.32. The molecule has 3 heteroatoms. The maximum absolute atomic E-state index is 9.82. The van der Waals surface area contributed by atoms with Crippen molar-refractivity contribution in [2.45, 2.75) is 27.3 Å². The molecule has 1 aromatic rings. The fraction of sp³-hybridized carbons (Fsp3) is 0.538. The Balaban J connectivity index is 2.74. The van der Waals surface area contributed by atoms with E-state index in [9.17, 15) is 5.11 Å². The van der Waals surface area contributed by atoms with Gasteiger partial charge in [-0.25, -0.2) is 0 Å². The van der Waals surface area contributed by atoms with E-state index < -0.39 is 0 Å². The molecule has 1 rings (SSSR count). The number of phenolic OH excluding ortho intramolecular Hbond substituents is 1. The molecule has 16 heavy (non-hydrogen) atoms. The number of nitrogens with zero attached hydrogens (tertiary/aromatic N) is 1. The van der Waals surface area contributed by atoms with Crippen LogP contribution in [0.5, 0.6) is 5.75 Å². The molecule has 0 radical (unpaired) electrons. The van der Waals surface area contributed by atoms with Gasteiger partial charge in [0.25, 0.3) is 0 Å². The Kier molecular flexibility index (Phi) is 5.10. The molecule has 0 atom stereocenters. The Bertz CT molecular complexity index is 339. The smallest absolute Gasteiger partial charge is 0.138 e. The van der Waals surface area contributed by atoms with Crippen molar-refractivity contribution in [1.29, 1.82) is 0 Å². The molecular formula is C13H20ClNO. The molecular weight excluding hydrogens is 222 g/mol. The molecule has 1 N–H and O–H groups in total. The molecule has 0 heterocycles. The third-order valence-corrected chi connectivity index (χ3v) is 2.84. The first-order valence-corrected chi connectivity index (χ1v) is 6.11. The van der Waals surface area contributed by atoms with E-state index in [4.69, 9.17) is 11.6 Å². The third-order valence-electron chi connectivity index (χ3n) is 2.53. The van der Waals surface area contributed by atoms with Crippen LogP contribution in [0, 0.1) is 5.92 Å². The first-order valence-electron chi connectivity index (χ1n) is 5.73. The minimum Gasteiger partial charge on any atom is -0.506 e. The van der Waals surface area contributed by atoms with Crippen molar-refractivity contribution >= 4 is 11.6 Å². The minimum atomic E-state index is 0.214. The highest BCUT2D eigenvalue weighted by Gasteiger charge is 2.10. The average Bonchev–Trinajstić information content (AvgIpc) is 2.23. The molecule has 0 aliphatic rings. The Morgan fingerprint density at radius 2 is 2.06 bits per heavy atom. The molecule has 90 valence electrons. The van der Waals surface area contributed by atoms with Crippen molar-refractivity contribution < 1.29 is 5.11 Å². The standard InChI is InChI=1S/C13H20ClNO/c1-4-15(8-10(2)3)9-11-6-5-7-12(14)13(11)16/h5-7,10,16H,4,8-9H2,1-3H3. The molecule has 0 aliphatic heterocycles. The summed E-state index contributed by atoms with van der Waals surface area (Å²) in [6, 6.07) is 5.50. The van der Waals surface area contributed by atoms with Crippen LogP contribution in [0.15, 0.2) is 18.2 Å². The van der Waals surface area contributed by atoms with Crippen LogP contribution in [-0.4, -0.2) is 23.1 Å². The molecule has 1 aromatic carbocycles. The summed E-state index contributed by atoms with van der Waals surface area (Å²) in [6.07, 6.45) is 0. The summed E-state index contributed by atoms with van der Waals surface area (Å²) in [4.78, 5) is 2.30. The van der Waals surface area contributed by atoms with Crippen LogP contribution < -0.4 is 0 Å². The number of halogens is 1. The summed E-state index contributed by atoms with van der Waals surface area (Å²) < 4.78 is 0. The summed E-state index contributed by atoms with van der Waals surface area (Å²) in [6.45, 7) is 9.28. The number of phenols is 1. The molecule has 0 spiro atoms. The average molecular weight is 242 g/mol. The Morgan fingerprint density at radius 3 is 2.62 bits per heavy atom. The second-order valence-electron chi connectivity index (χ2n) is 4.47. The van der Waals surface area contributed by atoms with E-state index >= 15 is 0 Å². The van der Waals surface area contributed by atoms with E-state index in [2.05, 4.69) is 25.7 Å². The SMILES string of the molecule is CCN(Cc1cccc(Cl)c1O)CC(C)C. The lowest BCUT2D eigenvalue weighted by Crippen LogP contribution is -2.27. The highest BCUT2D eigenvalue weighted by Crippen LogP contribution is 2.27. The van der Waals surface area contributed by atoms with Gasteiger partial charge < -0.3 is 5.11 Å². The molecule has 0 aliphatic carbocycles. The van der Waals surface area contributed by atoms with Gasteiger partial charge in [0.05, 0.1) is 5.02 Å². The van der Waals surface area contributed by atoms with Gasteiger partial charge in [-0.2, -0.15) is 0 Å². The lowest BCUT2D eigenvalue weighted by atomic mass is 10.1. The van der Waals surface area contributed by atoms with Crippen LogP contribution in [0.1, 0.15) is 26.3 Å². The lowest BCUT2D eigenvalue weighted by Gasteiger charge is -2.23. The van der Waals surface area contributed by atoms with Gasteiger partial charge in [-0.3, -0.25) is 4.90 Å². The molecule has 0 saturated carbocycles. The lowest BCUT2D eigenvalue weighted by molar-refractivity contribution is 0.245. The van der Waals surface area contributed by atoms with Gasteiger partial charge in [0.15, 0.2) is 0 Å². The first-order chi connectivity index (χ1) is 7.54. The zero-order valence-corrected chi connectivity index (χ0v) is 11.0. The maximum atomic E-state index is 9.82. The van der Waals surface area contributed by atoms with Gasteiger partial charge in [-0.05, 0) is 18.5 Å². The van der Waals surface area contributed by atoms with Gasteiger partial charge in [-0.15, -0.1) is 0 Å². The van der Waals surface area contributed by atoms with Crippen LogP contribution >= 0.6 is 11.6 Å². The van der Waals surface area contributed by atoms with E-state index in [1.54, 1.807) is 6.07 Å². The number of rotatable bonds is 5. The summed E-state index contributed by atoms with van der Waals surface area (Å²) in [5.41, 5.74) is 0.898. The normalized spacial score (nSPS) is 11.4. The summed E-state index contributed by atoms with van der Waals surface area (Å²) in [5.74, 6) is 0.840. The summed E-state index contributed by atoms with van der Waals surface area (Å²) in [5, 5.41) is 10.2. The number of hydrogen-bond donors (Lipinski definition) is 1.